The highest BCUT2D eigenvalue weighted by Gasteiger charge is 2.03. The lowest BCUT2D eigenvalue weighted by molar-refractivity contribution is -0.119. The molecule has 0 radical (unpaired) electrons. The van der Waals surface area contributed by atoms with Gasteiger partial charge in [0.25, 0.3) is 5.91 Å². The summed E-state index contributed by atoms with van der Waals surface area (Å²) in [5, 5.41) is 7.07. The molecule has 1 amide bonds. The molecule has 0 spiro atoms. The number of rotatable bonds is 7. The topological polar surface area (TPSA) is 62.7 Å². The van der Waals surface area contributed by atoms with Crippen LogP contribution in [-0.2, 0) is 4.79 Å². The maximum Gasteiger partial charge on any atom is 0.259 e. The molecule has 5 nitrogen and oxygen atoms in total. The van der Waals surface area contributed by atoms with E-state index in [1.165, 1.54) is 0 Å². The normalized spacial score (nSPS) is 11.3. The molecule has 2 aromatic carbocycles. The lowest BCUT2D eigenvalue weighted by Gasteiger charge is -2.09. The largest absolute Gasteiger partial charge is 0.495 e. The second-order valence-electron chi connectivity index (χ2n) is 5.09. The Bertz CT molecular complexity index is 724. The smallest absolute Gasteiger partial charge is 0.259 e. The number of hydrazone groups is 1. The Hall–Kier alpha value is -3.08. The number of nitrogens with zero attached hydrogens (tertiary/aromatic N) is 1. The van der Waals surface area contributed by atoms with Gasteiger partial charge in [0.1, 0.15) is 5.75 Å². The van der Waals surface area contributed by atoms with Gasteiger partial charge in [-0.3, -0.25) is 4.79 Å². The molecular formula is C19H21N3O2. The number of methoxy groups -OCH3 is 1. The van der Waals surface area contributed by atoms with Gasteiger partial charge in [0.15, 0.2) is 0 Å². The third-order valence-electron chi connectivity index (χ3n) is 3.22. The van der Waals surface area contributed by atoms with Crippen molar-refractivity contribution in [1.29, 1.82) is 0 Å². The molecular weight excluding hydrogens is 302 g/mol. The fourth-order valence-corrected chi connectivity index (χ4v) is 1.97. The van der Waals surface area contributed by atoms with E-state index in [9.17, 15) is 4.79 Å². The fourth-order valence-electron chi connectivity index (χ4n) is 1.97. The molecule has 0 aliphatic heterocycles. The van der Waals surface area contributed by atoms with E-state index in [0.717, 1.165) is 11.3 Å². The third kappa shape index (κ3) is 5.61. The monoisotopic (exact) mass is 323 g/mol. The van der Waals surface area contributed by atoms with Crippen LogP contribution in [-0.4, -0.2) is 25.3 Å². The summed E-state index contributed by atoms with van der Waals surface area (Å²) in [5.74, 6) is 0.462. The SMILES string of the molecule is COc1ccccc1NCC(=O)N/N=C(C)/C=C/c1ccccc1. The van der Waals surface area contributed by atoms with Crippen molar-refractivity contribution in [1.82, 2.24) is 5.43 Å². The van der Waals surface area contributed by atoms with Gasteiger partial charge in [-0.2, -0.15) is 5.10 Å². The average Bonchev–Trinajstić information content (AvgIpc) is 2.64. The predicted molar refractivity (Wildman–Crippen MR) is 98.2 cm³/mol. The first-order valence-electron chi connectivity index (χ1n) is 7.62. The van der Waals surface area contributed by atoms with Crippen LogP contribution in [0.2, 0.25) is 0 Å². The molecule has 0 aliphatic carbocycles. The van der Waals surface area contributed by atoms with E-state index in [0.29, 0.717) is 11.5 Å². The van der Waals surface area contributed by atoms with Crippen molar-refractivity contribution >= 4 is 23.4 Å². The molecule has 124 valence electrons. The van der Waals surface area contributed by atoms with E-state index >= 15 is 0 Å². The summed E-state index contributed by atoms with van der Waals surface area (Å²) in [6.07, 6.45) is 3.79. The second kappa shape index (κ2) is 9.15. The van der Waals surface area contributed by atoms with Gasteiger partial charge in [0, 0.05) is 0 Å². The van der Waals surface area contributed by atoms with Gasteiger partial charge in [-0.25, -0.2) is 5.43 Å². The van der Waals surface area contributed by atoms with Crippen LogP contribution in [0.25, 0.3) is 6.08 Å². The number of ether oxygens (including phenoxy) is 1. The quantitative estimate of drug-likeness (QED) is 0.607. The highest BCUT2D eigenvalue weighted by atomic mass is 16.5. The van der Waals surface area contributed by atoms with Crippen molar-refractivity contribution in [3.8, 4) is 5.75 Å². The number of anilines is 1. The van der Waals surface area contributed by atoms with Gasteiger partial charge in [-0.15, -0.1) is 0 Å². The standard InChI is InChI=1S/C19H21N3O2/c1-15(12-13-16-8-4-3-5-9-16)21-22-19(23)14-20-17-10-6-7-11-18(17)24-2/h3-13,20H,14H2,1-2H3,(H,22,23)/b13-12+,21-15+. The van der Waals surface area contributed by atoms with Crippen LogP contribution in [0.5, 0.6) is 5.75 Å². The van der Waals surface area contributed by atoms with Crippen molar-refractivity contribution in [3.63, 3.8) is 0 Å². The Kier molecular flexibility index (Phi) is 6.58. The van der Waals surface area contributed by atoms with Crippen LogP contribution in [0.4, 0.5) is 5.69 Å². The van der Waals surface area contributed by atoms with Crippen molar-refractivity contribution < 1.29 is 9.53 Å². The molecule has 2 N–H and O–H groups in total. The Labute approximate surface area is 142 Å². The zero-order valence-electron chi connectivity index (χ0n) is 13.8. The molecule has 0 heterocycles. The van der Waals surface area contributed by atoms with Crippen LogP contribution in [0.15, 0.2) is 65.8 Å². The highest BCUT2D eigenvalue weighted by Crippen LogP contribution is 2.22. The number of allylic oxidation sites excluding steroid dienone is 1. The van der Waals surface area contributed by atoms with Gasteiger partial charge >= 0.3 is 0 Å². The number of nitrogens with one attached hydrogen (secondary N) is 2. The molecule has 24 heavy (non-hydrogen) atoms. The second-order valence-corrected chi connectivity index (χ2v) is 5.09. The van der Waals surface area contributed by atoms with E-state index in [1.807, 2.05) is 73.7 Å². The van der Waals surface area contributed by atoms with Crippen LogP contribution in [0.3, 0.4) is 0 Å². The van der Waals surface area contributed by atoms with E-state index in [1.54, 1.807) is 7.11 Å². The molecule has 0 fully saturated rings. The van der Waals surface area contributed by atoms with Crippen molar-refractivity contribution in [2.45, 2.75) is 6.92 Å². The zero-order chi connectivity index (χ0) is 17.2. The molecule has 0 atom stereocenters. The number of para-hydroxylation sites is 2. The number of hydrogen-bond acceptors (Lipinski definition) is 4. The Morgan fingerprint density at radius 2 is 1.83 bits per heavy atom. The minimum absolute atomic E-state index is 0.111. The van der Waals surface area contributed by atoms with Gasteiger partial charge in [0.05, 0.1) is 25.1 Å². The summed E-state index contributed by atoms with van der Waals surface area (Å²) < 4.78 is 5.22. The van der Waals surface area contributed by atoms with Crippen molar-refractivity contribution in [2.24, 2.45) is 5.10 Å². The number of benzene rings is 2. The fraction of sp³-hybridized carbons (Fsp3) is 0.158. The van der Waals surface area contributed by atoms with E-state index in [-0.39, 0.29) is 12.5 Å². The molecule has 0 aromatic heterocycles. The summed E-state index contributed by atoms with van der Waals surface area (Å²) >= 11 is 0. The first kappa shape index (κ1) is 17.3. The lowest BCUT2D eigenvalue weighted by Crippen LogP contribution is -2.26. The summed E-state index contributed by atoms with van der Waals surface area (Å²) in [4.78, 5) is 11.8. The molecule has 2 rings (SSSR count). The maximum absolute atomic E-state index is 11.8. The van der Waals surface area contributed by atoms with Gasteiger partial charge in [-0.05, 0) is 30.7 Å². The minimum Gasteiger partial charge on any atom is -0.495 e. The van der Waals surface area contributed by atoms with Gasteiger partial charge in [0.2, 0.25) is 0 Å². The van der Waals surface area contributed by atoms with Gasteiger partial charge in [-0.1, -0.05) is 48.5 Å². The summed E-state index contributed by atoms with van der Waals surface area (Å²) in [6, 6.07) is 17.3. The predicted octanol–water partition coefficient (Wildman–Crippen LogP) is 3.31. The van der Waals surface area contributed by atoms with Crippen LogP contribution in [0, 0.1) is 0 Å². The van der Waals surface area contributed by atoms with E-state index in [2.05, 4.69) is 15.8 Å². The number of carbonyl (C=O) groups is 1. The summed E-state index contributed by atoms with van der Waals surface area (Å²) in [5.41, 5.74) is 5.08. The van der Waals surface area contributed by atoms with E-state index < -0.39 is 0 Å². The number of amides is 1. The Balaban J connectivity index is 1.82. The number of carbonyl (C=O) groups excluding carboxylic acids is 1. The van der Waals surface area contributed by atoms with Crippen LogP contribution < -0.4 is 15.5 Å². The van der Waals surface area contributed by atoms with Gasteiger partial charge < -0.3 is 10.1 Å². The molecule has 5 heteroatoms. The maximum atomic E-state index is 11.8. The molecule has 2 aromatic rings. The van der Waals surface area contributed by atoms with Crippen molar-refractivity contribution in [3.05, 3.63) is 66.2 Å². The first-order valence-corrected chi connectivity index (χ1v) is 7.62. The Morgan fingerprint density at radius 3 is 2.58 bits per heavy atom. The zero-order valence-corrected chi connectivity index (χ0v) is 13.8. The summed E-state index contributed by atoms with van der Waals surface area (Å²) in [7, 11) is 1.59. The molecule has 0 saturated heterocycles. The summed E-state index contributed by atoms with van der Waals surface area (Å²) in [6.45, 7) is 1.94. The number of hydrogen-bond donors (Lipinski definition) is 2. The van der Waals surface area contributed by atoms with Crippen LogP contribution >= 0.6 is 0 Å². The molecule has 0 aliphatic rings. The molecule has 0 bridgehead atoms. The molecule has 0 unspecified atom stereocenters. The molecule has 0 saturated carbocycles. The van der Waals surface area contributed by atoms with Crippen molar-refractivity contribution in [2.75, 3.05) is 19.0 Å². The Morgan fingerprint density at radius 1 is 1.12 bits per heavy atom. The first-order chi connectivity index (χ1) is 11.7. The van der Waals surface area contributed by atoms with E-state index in [4.69, 9.17) is 4.74 Å². The van der Waals surface area contributed by atoms with Crippen LogP contribution in [0.1, 0.15) is 12.5 Å². The minimum atomic E-state index is -0.228. The average molecular weight is 323 g/mol. The highest BCUT2D eigenvalue weighted by molar-refractivity contribution is 5.97. The lowest BCUT2D eigenvalue weighted by atomic mass is 10.2. The third-order valence-corrected chi connectivity index (χ3v) is 3.22.